The van der Waals surface area contributed by atoms with Gasteiger partial charge in [0.05, 0.1) is 7.11 Å². The van der Waals surface area contributed by atoms with E-state index >= 15 is 0 Å². The molecule has 9 heteroatoms. The van der Waals surface area contributed by atoms with Crippen LogP contribution in [0.2, 0.25) is 0 Å². The Morgan fingerprint density at radius 1 is 1.03 bits per heavy atom. The van der Waals surface area contributed by atoms with Crippen molar-refractivity contribution in [3.05, 3.63) is 81.9 Å². The first-order chi connectivity index (χ1) is 15.5. The van der Waals surface area contributed by atoms with Crippen molar-refractivity contribution in [2.45, 2.75) is 32.1 Å². The molecule has 1 atom stereocenters. The number of carbonyl (C=O) groups excluding carboxylic acids is 1. The number of H-pyrrole nitrogens is 1. The predicted molar refractivity (Wildman–Crippen MR) is 114 cm³/mol. The van der Waals surface area contributed by atoms with Gasteiger partial charge >= 0.3 is 5.76 Å². The third-order valence-corrected chi connectivity index (χ3v) is 5.10. The Kier molecular flexibility index (Phi) is 6.25. The molecule has 4 aromatic rings. The van der Waals surface area contributed by atoms with Gasteiger partial charge < -0.3 is 9.26 Å². The first-order valence-corrected chi connectivity index (χ1v) is 10.1. The zero-order chi connectivity index (χ0) is 22.5. The molecule has 1 N–H and O–H groups in total. The van der Waals surface area contributed by atoms with E-state index in [0.717, 1.165) is 22.4 Å². The summed E-state index contributed by atoms with van der Waals surface area (Å²) < 4.78 is 14.9. The Morgan fingerprint density at radius 2 is 1.75 bits per heavy atom. The molecule has 0 bridgehead atoms. The summed E-state index contributed by atoms with van der Waals surface area (Å²) in [4.78, 5) is 31.1. The van der Waals surface area contributed by atoms with Crippen LogP contribution in [0.5, 0.6) is 5.75 Å². The zero-order valence-corrected chi connectivity index (χ0v) is 17.7. The maximum atomic E-state index is 12.8. The van der Waals surface area contributed by atoms with Gasteiger partial charge in [-0.05, 0) is 29.7 Å². The van der Waals surface area contributed by atoms with Crippen molar-refractivity contribution in [3.8, 4) is 17.1 Å². The second-order valence-electron chi connectivity index (χ2n) is 7.48. The van der Waals surface area contributed by atoms with Crippen LogP contribution in [0, 0.1) is 6.92 Å². The van der Waals surface area contributed by atoms with E-state index in [-0.39, 0.29) is 24.5 Å². The first kappa shape index (κ1) is 21.2. The van der Waals surface area contributed by atoms with E-state index in [9.17, 15) is 9.59 Å². The van der Waals surface area contributed by atoms with E-state index < -0.39 is 5.76 Å². The number of methoxy groups -OCH3 is 1. The summed E-state index contributed by atoms with van der Waals surface area (Å²) in [6.45, 7) is 1.73. The van der Waals surface area contributed by atoms with Gasteiger partial charge in [-0.15, -0.1) is 0 Å². The van der Waals surface area contributed by atoms with Crippen molar-refractivity contribution < 1.29 is 18.6 Å². The number of nitrogens with one attached hydrogen (secondary N) is 1. The number of ether oxygens (including phenoxy) is 1. The molecule has 0 fully saturated rings. The molecule has 0 amide bonds. The van der Waals surface area contributed by atoms with Crippen molar-refractivity contribution in [3.63, 3.8) is 0 Å². The molecule has 2 aromatic heterocycles. The fourth-order valence-electron chi connectivity index (χ4n) is 3.49. The van der Waals surface area contributed by atoms with Crippen LogP contribution in [0.25, 0.3) is 11.4 Å². The minimum Gasteiger partial charge on any atom is -0.497 e. The maximum Gasteiger partial charge on any atom is 0.438 e. The lowest BCUT2D eigenvalue weighted by Gasteiger charge is -2.13. The van der Waals surface area contributed by atoms with Gasteiger partial charge in [0.15, 0.2) is 5.82 Å². The number of aryl methyl sites for hydroxylation is 1. The molecule has 0 saturated carbocycles. The minimum atomic E-state index is -0.639. The summed E-state index contributed by atoms with van der Waals surface area (Å²) in [5, 5.41) is 7.71. The number of rotatable bonds is 9. The first-order valence-electron chi connectivity index (χ1n) is 10.1. The number of benzene rings is 2. The summed E-state index contributed by atoms with van der Waals surface area (Å²) in [5.74, 6) is 1.18. The van der Waals surface area contributed by atoms with E-state index in [0.29, 0.717) is 24.0 Å². The highest BCUT2D eigenvalue weighted by molar-refractivity contribution is 5.81. The molecule has 164 valence electrons. The van der Waals surface area contributed by atoms with Gasteiger partial charge in [-0.3, -0.25) is 14.3 Å². The molecule has 0 spiro atoms. The molecule has 32 heavy (non-hydrogen) atoms. The fourth-order valence-corrected chi connectivity index (χ4v) is 3.49. The Labute approximate surface area is 183 Å². The summed E-state index contributed by atoms with van der Waals surface area (Å²) in [6, 6.07) is 15.0. The van der Waals surface area contributed by atoms with E-state index in [4.69, 9.17) is 9.26 Å². The lowest BCUT2D eigenvalue weighted by molar-refractivity contribution is -0.118. The Morgan fingerprint density at radius 3 is 2.34 bits per heavy atom. The maximum absolute atomic E-state index is 12.8. The molecule has 2 heterocycles. The van der Waals surface area contributed by atoms with Crippen LogP contribution < -0.4 is 10.5 Å². The van der Waals surface area contributed by atoms with Crippen molar-refractivity contribution in [1.82, 2.24) is 20.3 Å². The predicted octanol–water partition coefficient (Wildman–Crippen LogP) is 3.26. The molecule has 0 aliphatic carbocycles. The second kappa shape index (κ2) is 9.42. The topological polar surface area (TPSA) is 124 Å². The number of hydrogen-bond acceptors (Lipinski definition) is 8. The molecule has 9 nitrogen and oxygen atoms in total. The number of hydrogen-bond donors (Lipinski definition) is 1. The normalized spacial score (nSPS) is 11.9. The largest absolute Gasteiger partial charge is 0.497 e. The molecule has 0 radical (unpaired) electrons. The lowest BCUT2D eigenvalue weighted by Crippen LogP contribution is -2.14. The molecule has 2 aromatic carbocycles. The number of aromatic nitrogens is 4. The molecule has 4 rings (SSSR count). The molecule has 0 aliphatic rings. The average Bonchev–Trinajstić information content (AvgIpc) is 3.42. The van der Waals surface area contributed by atoms with Crippen LogP contribution in [-0.4, -0.2) is 33.2 Å². The van der Waals surface area contributed by atoms with Gasteiger partial charge in [0.1, 0.15) is 11.5 Å². The number of nitrogens with zero attached hydrogens (tertiary/aromatic N) is 3. The van der Waals surface area contributed by atoms with Gasteiger partial charge in [0, 0.05) is 31.2 Å². The summed E-state index contributed by atoms with van der Waals surface area (Å²) in [5.41, 5.74) is 2.68. The Hall–Kier alpha value is -4.01. The number of carbonyl (C=O) groups is 1. The van der Waals surface area contributed by atoms with E-state index in [1.54, 1.807) is 14.0 Å². The summed E-state index contributed by atoms with van der Waals surface area (Å²) >= 11 is 0. The van der Waals surface area contributed by atoms with Gasteiger partial charge in [-0.2, -0.15) is 4.98 Å². The number of Topliss-reactive ketones (excluding diaryl/α,β-unsaturated/α-hetero) is 1. The molecular weight excluding hydrogens is 412 g/mol. The van der Waals surface area contributed by atoms with E-state index in [2.05, 4.69) is 24.8 Å². The van der Waals surface area contributed by atoms with E-state index in [1.165, 1.54) is 0 Å². The van der Waals surface area contributed by atoms with Crippen LogP contribution in [-0.2, 0) is 17.6 Å². The van der Waals surface area contributed by atoms with Gasteiger partial charge in [-0.25, -0.2) is 4.79 Å². The molecule has 1 unspecified atom stereocenters. The summed E-state index contributed by atoms with van der Waals surface area (Å²) in [7, 11) is 1.60. The average molecular weight is 434 g/mol. The second-order valence-corrected chi connectivity index (χ2v) is 7.48. The van der Waals surface area contributed by atoms with Crippen molar-refractivity contribution in [1.29, 1.82) is 0 Å². The molecular formula is C23H22N4O5. The smallest absolute Gasteiger partial charge is 0.438 e. The monoisotopic (exact) mass is 434 g/mol. The quantitative estimate of drug-likeness (QED) is 0.426. The zero-order valence-electron chi connectivity index (χ0n) is 17.7. The third-order valence-electron chi connectivity index (χ3n) is 5.10. The van der Waals surface area contributed by atoms with Crippen LogP contribution in [0.4, 0.5) is 0 Å². The third kappa shape index (κ3) is 5.18. The van der Waals surface area contributed by atoms with E-state index in [1.807, 2.05) is 48.5 Å². The van der Waals surface area contributed by atoms with Gasteiger partial charge in [0.25, 0.3) is 0 Å². The SMILES string of the molecule is COc1ccc(CC(CC(=O)Cc2ccc(-c3noc(C)n3)cc2)c2noc(=O)[nH]2)cc1. The number of ketones is 1. The number of aromatic amines is 1. The highest BCUT2D eigenvalue weighted by Gasteiger charge is 2.21. The van der Waals surface area contributed by atoms with Gasteiger partial charge in [-0.1, -0.05) is 46.7 Å². The van der Waals surface area contributed by atoms with Crippen molar-refractivity contribution >= 4 is 5.78 Å². The lowest BCUT2D eigenvalue weighted by atomic mass is 9.91. The standard InChI is InChI=1S/C23H22N4O5/c1-14-24-21(26-31-14)17-7-3-16(4-8-17)12-19(28)13-18(22-25-23(29)32-27-22)11-15-5-9-20(30-2)10-6-15/h3-10,18H,11-13H2,1-2H3,(H,25,27,29). The highest BCUT2D eigenvalue weighted by atomic mass is 16.5. The van der Waals surface area contributed by atoms with Crippen molar-refractivity contribution in [2.24, 2.45) is 0 Å². The summed E-state index contributed by atoms with van der Waals surface area (Å²) in [6.07, 6.45) is 0.987. The van der Waals surface area contributed by atoms with Crippen LogP contribution >= 0.6 is 0 Å². The molecule has 0 saturated heterocycles. The Bertz CT molecular complexity index is 1240. The van der Waals surface area contributed by atoms with Crippen LogP contribution in [0.1, 0.15) is 35.2 Å². The highest BCUT2D eigenvalue weighted by Crippen LogP contribution is 2.24. The van der Waals surface area contributed by atoms with Crippen LogP contribution in [0.3, 0.4) is 0 Å². The van der Waals surface area contributed by atoms with Gasteiger partial charge in [0.2, 0.25) is 11.7 Å². The molecule has 0 aliphatic heterocycles. The van der Waals surface area contributed by atoms with Crippen molar-refractivity contribution in [2.75, 3.05) is 7.11 Å². The Balaban J connectivity index is 1.45. The minimum absolute atomic E-state index is 0.0236. The fraction of sp³-hybridized carbons (Fsp3) is 0.261. The van der Waals surface area contributed by atoms with Crippen LogP contribution in [0.15, 0.2) is 62.4 Å².